The van der Waals surface area contributed by atoms with Crippen molar-refractivity contribution in [1.29, 1.82) is 0 Å². The molecule has 3 heteroatoms. The van der Waals surface area contributed by atoms with Crippen LogP contribution in [0.4, 0.5) is 13.2 Å². The fraction of sp³-hybridized carbons (Fsp3) is 1.00. The average molecular weight is 220 g/mol. The lowest BCUT2D eigenvalue weighted by Crippen LogP contribution is -2.38. The van der Waals surface area contributed by atoms with Gasteiger partial charge in [0.15, 0.2) is 0 Å². The van der Waals surface area contributed by atoms with Gasteiger partial charge in [-0.2, -0.15) is 13.2 Å². The highest BCUT2D eigenvalue weighted by Gasteiger charge is 2.60. The minimum atomic E-state index is -3.96. The molecule has 0 saturated heterocycles. The van der Waals surface area contributed by atoms with Crippen LogP contribution < -0.4 is 0 Å². The lowest BCUT2D eigenvalue weighted by molar-refractivity contribution is -0.206. The molecule has 0 nitrogen and oxygen atoms in total. The van der Waals surface area contributed by atoms with E-state index < -0.39 is 12.1 Å². The molecule has 2 aliphatic carbocycles. The molecule has 0 aromatic carbocycles. The first kappa shape index (κ1) is 11.3. The van der Waals surface area contributed by atoms with Crippen LogP contribution in [0.3, 0.4) is 0 Å². The Bertz CT molecular complexity index is 234. The van der Waals surface area contributed by atoms with Gasteiger partial charge in [-0.15, -0.1) is 0 Å². The maximum Gasteiger partial charge on any atom is 0.392 e. The molecule has 0 aromatic heterocycles. The second-order valence-electron chi connectivity index (χ2n) is 5.20. The van der Waals surface area contributed by atoms with Crippen LogP contribution in [-0.2, 0) is 0 Å². The highest BCUT2D eigenvalue weighted by atomic mass is 19.4. The molecular formula is C12H19F3. The van der Waals surface area contributed by atoms with Crippen molar-refractivity contribution in [2.75, 3.05) is 0 Å². The van der Waals surface area contributed by atoms with Crippen LogP contribution in [0.1, 0.15) is 39.5 Å². The summed E-state index contributed by atoms with van der Waals surface area (Å²) in [6.07, 6.45) is -0.465. The summed E-state index contributed by atoms with van der Waals surface area (Å²) in [4.78, 5) is 0. The first-order chi connectivity index (χ1) is 6.99. The molecule has 0 spiro atoms. The van der Waals surface area contributed by atoms with E-state index in [2.05, 4.69) is 0 Å². The van der Waals surface area contributed by atoms with E-state index in [1.54, 1.807) is 0 Å². The first-order valence-electron chi connectivity index (χ1n) is 6.05. The number of rotatable bonds is 2. The van der Waals surface area contributed by atoms with Crippen molar-refractivity contribution in [2.45, 2.75) is 45.7 Å². The van der Waals surface area contributed by atoms with Crippen LogP contribution in [0.2, 0.25) is 0 Å². The van der Waals surface area contributed by atoms with Crippen molar-refractivity contribution in [2.24, 2.45) is 29.6 Å². The Kier molecular flexibility index (Phi) is 2.76. The molecule has 0 heterocycles. The molecule has 2 bridgehead atoms. The summed E-state index contributed by atoms with van der Waals surface area (Å²) in [6, 6.07) is 0. The van der Waals surface area contributed by atoms with Gasteiger partial charge in [0.25, 0.3) is 0 Å². The van der Waals surface area contributed by atoms with Crippen LogP contribution >= 0.6 is 0 Å². The standard InChI is InChI=1S/C12H19F3/c1-3-7-5-8-6-10(7)11(9(8)4-2)12(13,14)15/h7-11H,3-6H2,1-2H3. The molecule has 0 aromatic rings. The molecule has 5 atom stereocenters. The molecule has 0 N–H and O–H groups in total. The summed E-state index contributed by atoms with van der Waals surface area (Å²) < 4.78 is 38.9. The third-order valence-electron chi connectivity index (χ3n) is 4.69. The van der Waals surface area contributed by atoms with Crippen LogP contribution in [-0.4, -0.2) is 6.18 Å². The predicted molar refractivity (Wildman–Crippen MR) is 53.3 cm³/mol. The molecule has 2 aliphatic rings. The number of fused-ring (bicyclic) bond motifs is 2. The zero-order valence-electron chi connectivity index (χ0n) is 9.35. The normalized spacial score (nSPS) is 45.0. The molecule has 5 unspecified atom stereocenters. The molecule has 88 valence electrons. The van der Waals surface area contributed by atoms with Crippen molar-refractivity contribution >= 4 is 0 Å². The van der Waals surface area contributed by atoms with Gasteiger partial charge in [0, 0.05) is 0 Å². The van der Waals surface area contributed by atoms with Gasteiger partial charge in [0.2, 0.25) is 0 Å². The van der Waals surface area contributed by atoms with Crippen LogP contribution in [0, 0.1) is 29.6 Å². The Morgan fingerprint density at radius 1 is 1.07 bits per heavy atom. The van der Waals surface area contributed by atoms with Gasteiger partial charge in [-0.1, -0.05) is 26.7 Å². The number of alkyl halides is 3. The average Bonchev–Trinajstić information content (AvgIpc) is 2.71. The molecule has 2 fully saturated rings. The van der Waals surface area contributed by atoms with Crippen molar-refractivity contribution in [3.63, 3.8) is 0 Å². The summed E-state index contributed by atoms with van der Waals surface area (Å²) in [5.74, 6) is -0.449. The summed E-state index contributed by atoms with van der Waals surface area (Å²) >= 11 is 0. The van der Waals surface area contributed by atoms with Gasteiger partial charge in [-0.25, -0.2) is 0 Å². The molecule has 2 rings (SSSR count). The van der Waals surface area contributed by atoms with Gasteiger partial charge in [0.1, 0.15) is 0 Å². The maximum atomic E-state index is 13.0. The van der Waals surface area contributed by atoms with Gasteiger partial charge in [-0.3, -0.25) is 0 Å². The Hall–Kier alpha value is -0.210. The van der Waals surface area contributed by atoms with E-state index in [0.717, 1.165) is 19.3 Å². The second-order valence-corrected chi connectivity index (χ2v) is 5.20. The van der Waals surface area contributed by atoms with Crippen molar-refractivity contribution in [3.05, 3.63) is 0 Å². The van der Waals surface area contributed by atoms with Gasteiger partial charge < -0.3 is 0 Å². The first-order valence-corrected chi connectivity index (χ1v) is 6.05. The minimum Gasteiger partial charge on any atom is -0.171 e. The highest BCUT2D eigenvalue weighted by Crippen LogP contribution is 2.61. The molecular weight excluding hydrogens is 201 g/mol. The smallest absolute Gasteiger partial charge is 0.171 e. The third-order valence-corrected chi connectivity index (χ3v) is 4.69. The molecule has 15 heavy (non-hydrogen) atoms. The maximum absolute atomic E-state index is 13.0. The molecule has 0 radical (unpaired) electrons. The summed E-state index contributed by atoms with van der Waals surface area (Å²) in [5, 5.41) is 0. The number of hydrogen-bond donors (Lipinski definition) is 0. The fourth-order valence-corrected chi connectivity index (χ4v) is 4.14. The summed E-state index contributed by atoms with van der Waals surface area (Å²) in [5.41, 5.74) is 0. The third kappa shape index (κ3) is 1.68. The van der Waals surface area contributed by atoms with E-state index in [-0.39, 0.29) is 11.8 Å². The lowest BCUT2D eigenvalue weighted by atomic mass is 9.72. The van der Waals surface area contributed by atoms with E-state index in [4.69, 9.17) is 0 Å². The summed E-state index contributed by atoms with van der Waals surface area (Å²) in [7, 11) is 0. The Labute approximate surface area is 89.2 Å². The zero-order valence-corrected chi connectivity index (χ0v) is 9.35. The number of hydrogen-bond acceptors (Lipinski definition) is 0. The quantitative estimate of drug-likeness (QED) is 0.652. The fourth-order valence-electron chi connectivity index (χ4n) is 4.14. The van der Waals surface area contributed by atoms with Crippen LogP contribution in [0.5, 0.6) is 0 Å². The lowest BCUT2D eigenvalue weighted by Gasteiger charge is -2.36. The van der Waals surface area contributed by atoms with Crippen molar-refractivity contribution in [1.82, 2.24) is 0 Å². The topological polar surface area (TPSA) is 0 Å². The minimum absolute atomic E-state index is 0.0649. The SMILES string of the molecule is CCC1CC2CC1C(C(F)(F)F)C2CC. The zero-order chi connectivity index (χ0) is 11.2. The van der Waals surface area contributed by atoms with E-state index in [0.29, 0.717) is 18.3 Å². The van der Waals surface area contributed by atoms with Crippen LogP contribution in [0.25, 0.3) is 0 Å². The Balaban J connectivity index is 2.20. The van der Waals surface area contributed by atoms with E-state index in [1.807, 2.05) is 13.8 Å². The van der Waals surface area contributed by atoms with Gasteiger partial charge in [0.05, 0.1) is 5.92 Å². The predicted octanol–water partition coefficient (Wildman–Crippen LogP) is 4.26. The van der Waals surface area contributed by atoms with Crippen LogP contribution in [0.15, 0.2) is 0 Å². The number of halogens is 3. The highest BCUT2D eigenvalue weighted by molar-refractivity contribution is 5.02. The summed E-state index contributed by atoms with van der Waals surface area (Å²) in [6.45, 7) is 3.94. The Morgan fingerprint density at radius 2 is 1.73 bits per heavy atom. The van der Waals surface area contributed by atoms with Crippen molar-refractivity contribution < 1.29 is 13.2 Å². The molecule has 0 aliphatic heterocycles. The second kappa shape index (κ2) is 3.67. The molecule has 0 amide bonds. The monoisotopic (exact) mass is 220 g/mol. The van der Waals surface area contributed by atoms with E-state index in [9.17, 15) is 13.2 Å². The van der Waals surface area contributed by atoms with Gasteiger partial charge in [-0.05, 0) is 36.5 Å². The Morgan fingerprint density at radius 3 is 2.20 bits per heavy atom. The molecule has 2 saturated carbocycles. The van der Waals surface area contributed by atoms with E-state index in [1.165, 1.54) is 0 Å². The van der Waals surface area contributed by atoms with Crippen molar-refractivity contribution in [3.8, 4) is 0 Å². The van der Waals surface area contributed by atoms with E-state index >= 15 is 0 Å². The largest absolute Gasteiger partial charge is 0.392 e. The van der Waals surface area contributed by atoms with Gasteiger partial charge >= 0.3 is 6.18 Å².